The average molecular weight is 400 g/mol. The minimum absolute atomic E-state index is 0.00272. The summed E-state index contributed by atoms with van der Waals surface area (Å²) in [5, 5.41) is 2.95. The SMILES string of the molecule is COc1ccccc1C(=O)NCc1ccc2c(c1)N(C(=O)c1ccccc1)C(C)C2. The third kappa shape index (κ3) is 3.79. The van der Waals surface area contributed by atoms with E-state index in [9.17, 15) is 9.59 Å². The van der Waals surface area contributed by atoms with E-state index in [0.717, 1.165) is 23.2 Å². The van der Waals surface area contributed by atoms with Gasteiger partial charge in [0.1, 0.15) is 5.75 Å². The molecule has 0 fully saturated rings. The zero-order valence-corrected chi connectivity index (χ0v) is 17.1. The van der Waals surface area contributed by atoms with E-state index in [-0.39, 0.29) is 17.9 Å². The fourth-order valence-corrected chi connectivity index (χ4v) is 3.90. The Balaban J connectivity index is 1.53. The lowest BCUT2D eigenvalue weighted by Gasteiger charge is -2.23. The number of nitrogens with one attached hydrogen (secondary N) is 1. The predicted molar refractivity (Wildman–Crippen MR) is 117 cm³/mol. The Kier molecular flexibility index (Phi) is 5.53. The van der Waals surface area contributed by atoms with Crippen LogP contribution in [0, 0.1) is 0 Å². The monoisotopic (exact) mass is 400 g/mol. The lowest BCUT2D eigenvalue weighted by atomic mass is 10.1. The van der Waals surface area contributed by atoms with Gasteiger partial charge in [-0.05, 0) is 54.8 Å². The molecular formula is C25H24N2O3. The number of carbonyl (C=O) groups is 2. The fourth-order valence-electron chi connectivity index (χ4n) is 3.90. The highest BCUT2D eigenvalue weighted by Gasteiger charge is 2.31. The molecule has 4 rings (SSSR count). The number of fused-ring (bicyclic) bond motifs is 1. The number of anilines is 1. The third-order valence-corrected chi connectivity index (χ3v) is 5.41. The molecule has 3 aromatic rings. The summed E-state index contributed by atoms with van der Waals surface area (Å²) in [5.74, 6) is 0.341. The fraction of sp³-hybridized carbons (Fsp3) is 0.200. The molecule has 0 saturated carbocycles. The van der Waals surface area contributed by atoms with Crippen molar-refractivity contribution in [2.75, 3.05) is 12.0 Å². The predicted octanol–water partition coefficient (Wildman–Crippen LogP) is 4.22. The maximum Gasteiger partial charge on any atom is 0.258 e. The molecular weight excluding hydrogens is 376 g/mol. The highest BCUT2D eigenvalue weighted by atomic mass is 16.5. The van der Waals surface area contributed by atoms with Crippen LogP contribution in [0.2, 0.25) is 0 Å². The van der Waals surface area contributed by atoms with Gasteiger partial charge in [0, 0.05) is 23.8 Å². The Morgan fingerprint density at radius 2 is 1.77 bits per heavy atom. The second-order valence-electron chi connectivity index (χ2n) is 7.44. The van der Waals surface area contributed by atoms with Gasteiger partial charge in [0.15, 0.2) is 0 Å². The number of nitrogens with zero attached hydrogens (tertiary/aromatic N) is 1. The van der Waals surface area contributed by atoms with Gasteiger partial charge in [-0.25, -0.2) is 0 Å². The third-order valence-electron chi connectivity index (χ3n) is 5.41. The van der Waals surface area contributed by atoms with Gasteiger partial charge in [-0.1, -0.05) is 42.5 Å². The van der Waals surface area contributed by atoms with Crippen molar-refractivity contribution in [2.24, 2.45) is 0 Å². The van der Waals surface area contributed by atoms with E-state index in [1.165, 1.54) is 0 Å². The molecule has 1 atom stereocenters. The molecule has 1 aliphatic rings. The number of rotatable bonds is 5. The number of carbonyl (C=O) groups excluding carboxylic acids is 2. The molecule has 0 bridgehead atoms. The van der Waals surface area contributed by atoms with Crippen LogP contribution in [0.1, 0.15) is 38.8 Å². The lowest BCUT2D eigenvalue weighted by molar-refractivity contribution is 0.0945. The highest BCUT2D eigenvalue weighted by molar-refractivity contribution is 6.07. The molecule has 0 spiro atoms. The van der Waals surface area contributed by atoms with Crippen molar-refractivity contribution < 1.29 is 14.3 Å². The number of ether oxygens (including phenoxy) is 1. The Morgan fingerprint density at radius 3 is 2.53 bits per heavy atom. The first-order valence-electron chi connectivity index (χ1n) is 10.00. The molecule has 2 amide bonds. The highest BCUT2D eigenvalue weighted by Crippen LogP contribution is 2.34. The first-order chi connectivity index (χ1) is 14.6. The van der Waals surface area contributed by atoms with Gasteiger partial charge < -0.3 is 15.0 Å². The molecule has 1 N–H and O–H groups in total. The summed E-state index contributed by atoms with van der Waals surface area (Å²) in [7, 11) is 1.55. The Labute approximate surface area is 176 Å². The molecule has 5 heteroatoms. The van der Waals surface area contributed by atoms with Crippen LogP contribution in [-0.2, 0) is 13.0 Å². The van der Waals surface area contributed by atoms with Crippen LogP contribution >= 0.6 is 0 Å². The Bertz CT molecular complexity index is 1080. The van der Waals surface area contributed by atoms with Gasteiger partial charge in [-0.15, -0.1) is 0 Å². The van der Waals surface area contributed by atoms with E-state index in [1.807, 2.05) is 53.4 Å². The molecule has 1 unspecified atom stereocenters. The van der Waals surface area contributed by atoms with E-state index in [1.54, 1.807) is 25.3 Å². The zero-order chi connectivity index (χ0) is 21.1. The Hall–Kier alpha value is -3.60. The van der Waals surface area contributed by atoms with Crippen molar-refractivity contribution in [2.45, 2.75) is 25.9 Å². The summed E-state index contributed by atoms with van der Waals surface area (Å²) in [5.41, 5.74) is 4.17. The quantitative estimate of drug-likeness (QED) is 0.698. The minimum atomic E-state index is -0.196. The van der Waals surface area contributed by atoms with Gasteiger partial charge >= 0.3 is 0 Å². The number of methoxy groups -OCH3 is 1. The number of amides is 2. The maximum atomic E-state index is 13.1. The van der Waals surface area contributed by atoms with Crippen LogP contribution in [-0.4, -0.2) is 25.0 Å². The van der Waals surface area contributed by atoms with E-state index in [2.05, 4.69) is 18.3 Å². The molecule has 30 heavy (non-hydrogen) atoms. The van der Waals surface area contributed by atoms with Crippen molar-refractivity contribution in [3.05, 3.63) is 95.1 Å². The minimum Gasteiger partial charge on any atom is -0.496 e. The van der Waals surface area contributed by atoms with E-state index in [4.69, 9.17) is 4.74 Å². The van der Waals surface area contributed by atoms with Crippen molar-refractivity contribution >= 4 is 17.5 Å². The average Bonchev–Trinajstić information content (AvgIpc) is 3.12. The van der Waals surface area contributed by atoms with Gasteiger partial charge in [0.05, 0.1) is 12.7 Å². The lowest BCUT2D eigenvalue weighted by Crippen LogP contribution is -2.35. The standard InChI is InChI=1S/C25H24N2O3/c1-17-14-20-13-12-18(16-26-24(28)21-10-6-7-11-23(21)30-2)15-22(20)27(17)25(29)19-8-4-3-5-9-19/h3-13,15,17H,14,16H2,1-2H3,(H,26,28). The van der Waals surface area contributed by atoms with Gasteiger partial charge in [-0.2, -0.15) is 0 Å². The number of benzene rings is 3. The zero-order valence-electron chi connectivity index (χ0n) is 17.1. The molecule has 0 saturated heterocycles. The second-order valence-corrected chi connectivity index (χ2v) is 7.44. The second kappa shape index (κ2) is 8.41. The van der Waals surface area contributed by atoms with Crippen LogP contribution < -0.4 is 15.0 Å². The Morgan fingerprint density at radius 1 is 1.03 bits per heavy atom. The largest absolute Gasteiger partial charge is 0.496 e. The number of para-hydroxylation sites is 1. The van der Waals surface area contributed by atoms with Gasteiger partial charge in [0.2, 0.25) is 0 Å². The van der Waals surface area contributed by atoms with Crippen LogP contribution in [0.4, 0.5) is 5.69 Å². The molecule has 1 aliphatic heterocycles. The van der Waals surface area contributed by atoms with Gasteiger partial charge in [0.25, 0.3) is 11.8 Å². The number of hydrogen-bond donors (Lipinski definition) is 1. The van der Waals surface area contributed by atoms with E-state index in [0.29, 0.717) is 23.4 Å². The molecule has 0 aliphatic carbocycles. The molecule has 5 nitrogen and oxygen atoms in total. The van der Waals surface area contributed by atoms with Crippen molar-refractivity contribution in [1.29, 1.82) is 0 Å². The van der Waals surface area contributed by atoms with E-state index < -0.39 is 0 Å². The summed E-state index contributed by atoms with van der Waals surface area (Å²) in [6.45, 7) is 2.43. The van der Waals surface area contributed by atoms with Gasteiger partial charge in [-0.3, -0.25) is 9.59 Å². The summed E-state index contributed by atoms with van der Waals surface area (Å²) in [6, 6.07) is 22.6. The van der Waals surface area contributed by atoms with Crippen molar-refractivity contribution in [3.8, 4) is 5.75 Å². The topological polar surface area (TPSA) is 58.6 Å². The summed E-state index contributed by atoms with van der Waals surface area (Å²) < 4.78 is 5.27. The molecule has 3 aromatic carbocycles. The summed E-state index contributed by atoms with van der Waals surface area (Å²) in [4.78, 5) is 27.5. The van der Waals surface area contributed by atoms with Crippen molar-refractivity contribution in [1.82, 2.24) is 5.32 Å². The van der Waals surface area contributed by atoms with Crippen LogP contribution in [0.3, 0.4) is 0 Å². The first-order valence-corrected chi connectivity index (χ1v) is 10.00. The van der Waals surface area contributed by atoms with E-state index >= 15 is 0 Å². The summed E-state index contributed by atoms with van der Waals surface area (Å²) >= 11 is 0. The number of hydrogen-bond acceptors (Lipinski definition) is 3. The van der Waals surface area contributed by atoms with Crippen LogP contribution in [0.15, 0.2) is 72.8 Å². The first kappa shape index (κ1) is 19.7. The summed E-state index contributed by atoms with van der Waals surface area (Å²) in [6.07, 6.45) is 0.821. The molecule has 0 aromatic heterocycles. The normalized spacial score (nSPS) is 14.9. The van der Waals surface area contributed by atoms with Crippen molar-refractivity contribution in [3.63, 3.8) is 0 Å². The molecule has 0 radical (unpaired) electrons. The maximum absolute atomic E-state index is 13.1. The van der Waals surface area contributed by atoms with Crippen LogP contribution in [0.5, 0.6) is 5.75 Å². The van der Waals surface area contributed by atoms with Crippen LogP contribution in [0.25, 0.3) is 0 Å². The molecule has 1 heterocycles. The molecule has 152 valence electrons. The smallest absolute Gasteiger partial charge is 0.258 e.